The average molecular weight is 535 g/mol. The molecule has 0 spiro atoms. The highest BCUT2D eigenvalue weighted by atomic mass is 35.5. The molecule has 0 unspecified atom stereocenters. The summed E-state index contributed by atoms with van der Waals surface area (Å²) in [5, 5.41) is 1.41. The molecule has 1 aliphatic carbocycles. The van der Waals surface area contributed by atoms with Crippen LogP contribution in [0.1, 0.15) is 42.1 Å². The van der Waals surface area contributed by atoms with Gasteiger partial charge in [-0.05, 0) is 82.1 Å². The van der Waals surface area contributed by atoms with Gasteiger partial charge < -0.3 is 9.64 Å². The Balaban J connectivity index is 1.49. The fraction of sp³-hybridized carbons (Fsp3) is 0.400. The van der Waals surface area contributed by atoms with Gasteiger partial charge in [0.1, 0.15) is 12.4 Å². The van der Waals surface area contributed by atoms with Gasteiger partial charge in [-0.25, -0.2) is 23.4 Å². The van der Waals surface area contributed by atoms with Crippen molar-refractivity contribution in [3.05, 3.63) is 75.9 Å². The van der Waals surface area contributed by atoms with Crippen LogP contribution < -0.4 is 4.74 Å². The minimum atomic E-state index is -3.60. The molecule has 7 nitrogen and oxygen atoms in total. The fourth-order valence-corrected chi connectivity index (χ4v) is 6.60. The van der Waals surface area contributed by atoms with Crippen molar-refractivity contribution in [3.63, 3.8) is 0 Å². The van der Waals surface area contributed by atoms with Gasteiger partial charge in [-0.3, -0.25) is 0 Å². The van der Waals surface area contributed by atoms with Crippen molar-refractivity contribution >= 4 is 33.0 Å². The third kappa shape index (κ3) is 6.12. The predicted octanol–water partition coefficient (Wildman–Crippen LogP) is 5.11. The molecule has 1 aliphatic rings. The molecule has 2 aromatic heterocycles. The molecule has 35 heavy (non-hydrogen) atoms. The van der Waals surface area contributed by atoms with Crippen LogP contribution in [0, 0.1) is 6.92 Å². The zero-order chi connectivity index (χ0) is 25.2. The minimum absolute atomic E-state index is 0.0883. The van der Waals surface area contributed by atoms with Gasteiger partial charge in [0, 0.05) is 28.4 Å². The van der Waals surface area contributed by atoms with Crippen LogP contribution in [0.15, 0.2) is 53.8 Å². The molecule has 3 atom stereocenters. The smallest absolute Gasteiger partial charge is 0.213 e. The van der Waals surface area contributed by atoms with E-state index in [0.29, 0.717) is 22.3 Å². The Kier molecular flexibility index (Phi) is 7.96. The average Bonchev–Trinajstić information content (AvgIpc) is 2.81. The van der Waals surface area contributed by atoms with E-state index in [0.717, 1.165) is 29.8 Å². The molecule has 1 aromatic carbocycles. The van der Waals surface area contributed by atoms with Crippen molar-refractivity contribution in [1.29, 1.82) is 0 Å². The molecule has 10 heteroatoms. The second-order valence-electron chi connectivity index (χ2n) is 9.06. The Morgan fingerprint density at radius 1 is 1.11 bits per heavy atom. The van der Waals surface area contributed by atoms with E-state index in [9.17, 15) is 8.42 Å². The molecule has 3 aromatic rings. The van der Waals surface area contributed by atoms with Gasteiger partial charge in [0.15, 0.2) is 9.84 Å². The van der Waals surface area contributed by atoms with Gasteiger partial charge in [-0.1, -0.05) is 23.2 Å². The summed E-state index contributed by atoms with van der Waals surface area (Å²) in [5.74, 6) is 0.480. The Hall–Kier alpha value is -2.26. The molecule has 0 radical (unpaired) electrons. The first kappa shape index (κ1) is 25.8. The predicted molar refractivity (Wildman–Crippen MR) is 137 cm³/mol. The summed E-state index contributed by atoms with van der Waals surface area (Å²) < 4.78 is 32.1. The van der Waals surface area contributed by atoms with Gasteiger partial charge in [-0.2, -0.15) is 0 Å². The van der Waals surface area contributed by atoms with Crippen LogP contribution in [0.5, 0.6) is 5.88 Å². The number of pyridine rings is 1. The van der Waals surface area contributed by atoms with Crippen molar-refractivity contribution in [2.45, 2.75) is 54.9 Å². The lowest BCUT2D eigenvalue weighted by atomic mass is 9.79. The van der Waals surface area contributed by atoms with E-state index >= 15 is 0 Å². The minimum Gasteiger partial charge on any atom is -0.473 e. The fourth-order valence-electron chi connectivity index (χ4n) is 4.66. The highest BCUT2D eigenvalue weighted by molar-refractivity contribution is 7.90. The molecule has 0 saturated heterocycles. The van der Waals surface area contributed by atoms with Crippen LogP contribution in [0.2, 0.25) is 10.0 Å². The largest absolute Gasteiger partial charge is 0.473 e. The first-order valence-corrected chi connectivity index (χ1v) is 13.8. The highest BCUT2D eigenvalue weighted by Crippen LogP contribution is 2.40. The maximum absolute atomic E-state index is 12.9. The lowest BCUT2D eigenvalue weighted by Crippen LogP contribution is -2.46. The summed E-state index contributed by atoms with van der Waals surface area (Å²) in [7, 11) is 0.461. The normalized spacial score (nSPS) is 20.7. The van der Waals surface area contributed by atoms with Crippen molar-refractivity contribution in [1.82, 2.24) is 19.9 Å². The Morgan fingerprint density at radius 3 is 2.60 bits per heavy atom. The van der Waals surface area contributed by atoms with E-state index in [4.69, 9.17) is 27.9 Å². The number of benzene rings is 1. The standard InChI is InChI=1S/C25H28Cl2N4O3S/c1-16-24(35(32,33)14-19-10-11-28-15-29-19)8-9-25(30-16)34-23-7-4-17(12-22(23)31(2)3)20-13-18(26)5-6-21(20)27/h5-6,8-11,13,15,17,22-23H,4,7,12,14H2,1-3H3/t17-,22-,23-/m0/s1. The van der Waals surface area contributed by atoms with Crippen LogP contribution in [0.3, 0.4) is 0 Å². The maximum atomic E-state index is 12.9. The topological polar surface area (TPSA) is 85.3 Å². The van der Waals surface area contributed by atoms with Crippen molar-refractivity contribution in [2.24, 2.45) is 0 Å². The first-order valence-electron chi connectivity index (χ1n) is 11.4. The van der Waals surface area contributed by atoms with Gasteiger partial charge in [-0.15, -0.1) is 0 Å². The number of hydrogen-bond donors (Lipinski definition) is 0. The van der Waals surface area contributed by atoms with Gasteiger partial charge in [0.2, 0.25) is 5.88 Å². The monoisotopic (exact) mass is 534 g/mol. The summed E-state index contributed by atoms with van der Waals surface area (Å²) in [6.45, 7) is 1.68. The lowest BCUT2D eigenvalue weighted by molar-refractivity contribution is 0.0512. The van der Waals surface area contributed by atoms with E-state index in [1.807, 2.05) is 26.2 Å². The Bertz CT molecular complexity index is 1290. The highest BCUT2D eigenvalue weighted by Gasteiger charge is 2.35. The van der Waals surface area contributed by atoms with Gasteiger partial charge in [0.05, 0.1) is 22.0 Å². The van der Waals surface area contributed by atoms with Crippen LogP contribution in [0.25, 0.3) is 0 Å². The SMILES string of the molecule is Cc1nc(O[C@H]2CC[C@H](c3cc(Cl)ccc3Cl)C[C@@H]2N(C)C)ccc1S(=O)(=O)Cc1ccncn1. The molecule has 0 amide bonds. The molecule has 186 valence electrons. The van der Waals surface area contributed by atoms with Gasteiger partial charge >= 0.3 is 0 Å². The summed E-state index contributed by atoms with van der Waals surface area (Å²) in [5.41, 5.74) is 1.90. The van der Waals surface area contributed by atoms with Crippen molar-refractivity contribution in [2.75, 3.05) is 14.1 Å². The van der Waals surface area contributed by atoms with Crippen molar-refractivity contribution < 1.29 is 13.2 Å². The van der Waals surface area contributed by atoms with E-state index in [1.54, 1.807) is 31.2 Å². The zero-order valence-corrected chi connectivity index (χ0v) is 22.2. The van der Waals surface area contributed by atoms with E-state index < -0.39 is 9.84 Å². The van der Waals surface area contributed by atoms with Crippen LogP contribution >= 0.6 is 23.2 Å². The van der Waals surface area contributed by atoms with Crippen LogP contribution in [-0.2, 0) is 15.6 Å². The molecule has 0 aliphatic heterocycles. The summed E-state index contributed by atoms with van der Waals surface area (Å²) in [6.07, 6.45) is 5.35. The number of rotatable bonds is 7. The summed E-state index contributed by atoms with van der Waals surface area (Å²) >= 11 is 12.7. The van der Waals surface area contributed by atoms with Crippen molar-refractivity contribution in [3.8, 4) is 5.88 Å². The third-order valence-corrected chi connectivity index (χ3v) is 8.77. The molecular weight excluding hydrogens is 507 g/mol. The number of aryl methyl sites for hydroxylation is 1. The number of hydrogen-bond acceptors (Lipinski definition) is 7. The number of ether oxygens (including phenoxy) is 1. The third-order valence-electron chi connectivity index (χ3n) is 6.42. The molecular formula is C25H28Cl2N4O3S. The van der Waals surface area contributed by atoms with E-state index in [1.165, 1.54) is 12.5 Å². The number of halogens is 2. The number of nitrogens with zero attached hydrogens (tertiary/aromatic N) is 4. The van der Waals surface area contributed by atoms with E-state index in [-0.39, 0.29) is 28.7 Å². The summed E-state index contributed by atoms with van der Waals surface area (Å²) in [4.78, 5) is 14.7. The van der Waals surface area contributed by atoms with Crippen LogP contribution in [-0.4, -0.2) is 54.5 Å². The lowest BCUT2D eigenvalue weighted by Gasteiger charge is -2.39. The molecule has 1 saturated carbocycles. The van der Waals surface area contributed by atoms with Crippen LogP contribution in [0.4, 0.5) is 0 Å². The zero-order valence-electron chi connectivity index (χ0n) is 19.9. The van der Waals surface area contributed by atoms with Gasteiger partial charge in [0.25, 0.3) is 0 Å². The molecule has 1 fully saturated rings. The second-order valence-corrected chi connectivity index (χ2v) is 11.9. The number of aromatic nitrogens is 3. The second kappa shape index (κ2) is 10.8. The Morgan fingerprint density at radius 2 is 1.91 bits per heavy atom. The number of likely N-dealkylation sites (N-methyl/N-ethyl adjacent to an activating group) is 1. The Labute approximate surface area is 216 Å². The first-order chi connectivity index (χ1) is 16.6. The van der Waals surface area contributed by atoms with E-state index in [2.05, 4.69) is 19.9 Å². The number of sulfone groups is 1. The summed E-state index contributed by atoms with van der Waals surface area (Å²) in [6, 6.07) is 10.5. The molecule has 0 N–H and O–H groups in total. The molecule has 4 rings (SSSR count). The molecule has 0 bridgehead atoms. The maximum Gasteiger partial charge on any atom is 0.213 e. The molecule has 2 heterocycles. The quantitative estimate of drug-likeness (QED) is 0.416.